The second-order valence-corrected chi connectivity index (χ2v) is 4.61. The van der Waals surface area contributed by atoms with E-state index in [1.807, 2.05) is 30.3 Å². The van der Waals surface area contributed by atoms with Crippen LogP contribution in [0.4, 0.5) is 5.95 Å². The summed E-state index contributed by atoms with van der Waals surface area (Å²) >= 11 is 0. The number of aromatic nitrogens is 4. The van der Waals surface area contributed by atoms with Crippen LogP contribution in [-0.4, -0.2) is 44.5 Å². The van der Waals surface area contributed by atoms with Gasteiger partial charge in [-0.3, -0.25) is 0 Å². The zero-order valence-corrected chi connectivity index (χ0v) is 12.0. The highest BCUT2D eigenvalue weighted by Gasteiger charge is 2.21. The highest BCUT2D eigenvalue weighted by atomic mass is 16.3. The molecule has 1 N–H and O–H groups in total. The number of para-hydroxylation sites is 1. The maximum absolute atomic E-state index is 9.32. The first-order chi connectivity index (χ1) is 9.81. The fourth-order valence-corrected chi connectivity index (χ4v) is 2.38. The smallest absolute Gasteiger partial charge is 0.250 e. The van der Waals surface area contributed by atoms with E-state index in [9.17, 15) is 5.11 Å². The number of aliphatic hydroxyl groups is 1. The molecule has 0 spiro atoms. The first-order valence-electron chi connectivity index (χ1n) is 7.03. The minimum absolute atomic E-state index is 0.0815. The minimum atomic E-state index is 0.0815. The summed E-state index contributed by atoms with van der Waals surface area (Å²) in [6.45, 7) is 4.88. The number of benzene rings is 1. The van der Waals surface area contributed by atoms with Crippen molar-refractivity contribution >= 4 is 5.95 Å². The maximum atomic E-state index is 9.32. The number of tetrazole rings is 1. The zero-order chi connectivity index (χ0) is 14.4. The van der Waals surface area contributed by atoms with Gasteiger partial charge in [-0.25, -0.2) is 0 Å². The number of nitrogens with zero attached hydrogens (tertiary/aromatic N) is 5. The van der Waals surface area contributed by atoms with Crippen molar-refractivity contribution in [1.29, 1.82) is 0 Å². The van der Waals surface area contributed by atoms with Crippen LogP contribution < -0.4 is 4.90 Å². The van der Waals surface area contributed by atoms with E-state index in [4.69, 9.17) is 0 Å². The lowest BCUT2D eigenvalue weighted by atomic mass is 10.1. The SMILES string of the molecule is CCC(CC)N(CCO)c1nnnn1-c1ccccc1. The Morgan fingerprint density at radius 3 is 2.50 bits per heavy atom. The second-order valence-electron chi connectivity index (χ2n) is 4.61. The van der Waals surface area contributed by atoms with E-state index in [0.717, 1.165) is 18.5 Å². The Hall–Kier alpha value is -1.95. The molecule has 0 saturated carbocycles. The van der Waals surface area contributed by atoms with Crippen LogP contribution in [0, 0.1) is 0 Å². The van der Waals surface area contributed by atoms with Gasteiger partial charge >= 0.3 is 0 Å². The molecule has 0 fully saturated rings. The number of anilines is 1. The topological polar surface area (TPSA) is 67.1 Å². The highest BCUT2D eigenvalue weighted by molar-refractivity contribution is 5.41. The van der Waals surface area contributed by atoms with Gasteiger partial charge in [0.05, 0.1) is 12.3 Å². The first-order valence-corrected chi connectivity index (χ1v) is 7.03. The second kappa shape index (κ2) is 7.00. The van der Waals surface area contributed by atoms with Crippen molar-refractivity contribution in [3.63, 3.8) is 0 Å². The molecule has 6 heteroatoms. The van der Waals surface area contributed by atoms with Crippen LogP contribution in [0.15, 0.2) is 30.3 Å². The van der Waals surface area contributed by atoms with Crippen molar-refractivity contribution in [3.05, 3.63) is 30.3 Å². The number of aliphatic hydroxyl groups excluding tert-OH is 1. The molecule has 0 aliphatic heterocycles. The van der Waals surface area contributed by atoms with Gasteiger partial charge in [0, 0.05) is 12.6 Å². The Morgan fingerprint density at radius 1 is 1.20 bits per heavy atom. The molecule has 0 bridgehead atoms. The Morgan fingerprint density at radius 2 is 1.90 bits per heavy atom. The Bertz CT molecular complexity index is 509. The van der Waals surface area contributed by atoms with Crippen molar-refractivity contribution in [2.75, 3.05) is 18.1 Å². The molecule has 6 nitrogen and oxygen atoms in total. The lowest BCUT2D eigenvalue weighted by Gasteiger charge is -2.30. The third-order valence-corrected chi connectivity index (χ3v) is 3.43. The lowest BCUT2D eigenvalue weighted by molar-refractivity contribution is 0.294. The first kappa shape index (κ1) is 14.5. The predicted molar refractivity (Wildman–Crippen MR) is 78.0 cm³/mol. The van der Waals surface area contributed by atoms with E-state index in [-0.39, 0.29) is 6.61 Å². The molecule has 0 radical (unpaired) electrons. The Kier molecular flexibility index (Phi) is 5.06. The molecule has 0 aliphatic carbocycles. The summed E-state index contributed by atoms with van der Waals surface area (Å²) in [6, 6.07) is 10.1. The van der Waals surface area contributed by atoms with Gasteiger partial charge in [-0.2, -0.15) is 4.68 Å². The fourth-order valence-electron chi connectivity index (χ4n) is 2.38. The summed E-state index contributed by atoms with van der Waals surface area (Å²) in [7, 11) is 0. The van der Waals surface area contributed by atoms with Gasteiger partial charge in [-0.05, 0) is 35.4 Å². The number of rotatable bonds is 7. The van der Waals surface area contributed by atoms with Gasteiger partial charge in [0.1, 0.15) is 0 Å². The molecule has 0 amide bonds. The summed E-state index contributed by atoms with van der Waals surface area (Å²) in [5, 5.41) is 21.3. The molecule has 108 valence electrons. The Labute approximate surface area is 119 Å². The number of hydrogen-bond donors (Lipinski definition) is 1. The van der Waals surface area contributed by atoms with Crippen molar-refractivity contribution < 1.29 is 5.11 Å². The van der Waals surface area contributed by atoms with Crippen LogP contribution in [0.1, 0.15) is 26.7 Å². The summed E-state index contributed by atoms with van der Waals surface area (Å²) in [6.07, 6.45) is 1.97. The van der Waals surface area contributed by atoms with Crippen molar-refractivity contribution in [3.8, 4) is 5.69 Å². The zero-order valence-electron chi connectivity index (χ0n) is 12.0. The van der Waals surface area contributed by atoms with E-state index in [2.05, 4.69) is 34.3 Å². The Balaban J connectivity index is 2.37. The summed E-state index contributed by atoms with van der Waals surface area (Å²) in [4.78, 5) is 2.08. The molecule has 1 aromatic heterocycles. The van der Waals surface area contributed by atoms with Crippen molar-refractivity contribution in [2.24, 2.45) is 0 Å². The van der Waals surface area contributed by atoms with Crippen LogP contribution in [0.5, 0.6) is 0 Å². The molecule has 0 saturated heterocycles. The predicted octanol–water partition coefficient (Wildman–Crippen LogP) is 1.65. The van der Waals surface area contributed by atoms with E-state index in [1.165, 1.54) is 0 Å². The van der Waals surface area contributed by atoms with Crippen molar-refractivity contribution in [2.45, 2.75) is 32.7 Å². The van der Waals surface area contributed by atoms with Crippen LogP contribution in [0.2, 0.25) is 0 Å². The van der Waals surface area contributed by atoms with E-state index >= 15 is 0 Å². The van der Waals surface area contributed by atoms with Gasteiger partial charge in [0.2, 0.25) is 0 Å². The summed E-state index contributed by atoms with van der Waals surface area (Å²) in [5.74, 6) is 0.680. The van der Waals surface area contributed by atoms with Crippen LogP contribution in [0.3, 0.4) is 0 Å². The monoisotopic (exact) mass is 275 g/mol. The van der Waals surface area contributed by atoms with Crippen LogP contribution in [0.25, 0.3) is 5.69 Å². The highest BCUT2D eigenvalue weighted by Crippen LogP contribution is 2.20. The normalized spacial score (nSPS) is 11.0. The molecule has 0 atom stereocenters. The quantitative estimate of drug-likeness (QED) is 0.832. The largest absolute Gasteiger partial charge is 0.395 e. The third-order valence-electron chi connectivity index (χ3n) is 3.43. The van der Waals surface area contributed by atoms with Gasteiger partial charge in [0.15, 0.2) is 0 Å². The lowest BCUT2D eigenvalue weighted by Crippen LogP contribution is -2.38. The molecule has 2 rings (SSSR count). The molecule has 0 aliphatic rings. The maximum Gasteiger partial charge on any atom is 0.250 e. The third kappa shape index (κ3) is 2.96. The molecule has 2 aromatic rings. The van der Waals surface area contributed by atoms with Crippen LogP contribution >= 0.6 is 0 Å². The summed E-state index contributed by atoms with van der Waals surface area (Å²) < 4.78 is 1.72. The van der Waals surface area contributed by atoms with Gasteiger partial charge in [-0.1, -0.05) is 37.1 Å². The van der Waals surface area contributed by atoms with Gasteiger partial charge < -0.3 is 10.0 Å². The number of hydrogen-bond acceptors (Lipinski definition) is 5. The molecule has 0 unspecified atom stereocenters. The van der Waals surface area contributed by atoms with Crippen LogP contribution in [-0.2, 0) is 0 Å². The fraction of sp³-hybridized carbons (Fsp3) is 0.500. The van der Waals surface area contributed by atoms with Crippen molar-refractivity contribution in [1.82, 2.24) is 20.2 Å². The average Bonchev–Trinajstić information content (AvgIpc) is 2.97. The minimum Gasteiger partial charge on any atom is -0.395 e. The molecule has 20 heavy (non-hydrogen) atoms. The molecular weight excluding hydrogens is 254 g/mol. The van der Waals surface area contributed by atoms with Gasteiger partial charge in [-0.15, -0.1) is 0 Å². The van der Waals surface area contributed by atoms with Gasteiger partial charge in [0.25, 0.3) is 5.95 Å². The molecular formula is C14H21N5O. The summed E-state index contributed by atoms with van der Waals surface area (Å²) in [5.41, 5.74) is 0.918. The van der Waals surface area contributed by atoms with E-state index in [0.29, 0.717) is 18.5 Å². The average molecular weight is 275 g/mol. The standard InChI is InChI=1S/C14H21N5O/c1-3-12(4-2)18(10-11-20)14-15-16-17-19(14)13-8-6-5-7-9-13/h5-9,12,20H,3-4,10-11H2,1-2H3. The molecule has 1 aromatic carbocycles. The van der Waals surface area contributed by atoms with E-state index < -0.39 is 0 Å². The van der Waals surface area contributed by atoms with E-state index in [1.54, 1.807) is 4.68 Å². The molecule has 1 heterocycles.